The number of nitrogens with one attached hydrogen (secondary N) is 2. The van der Waals surface area contributed by atoms with E-state index in [1.165, 1.54) is 12.8 Å². The third-order valence-corrected chi connectivity index (χ3v) is 2.71. The van der Waals surface area contributed by atoms with Crippen molar-refractivity contribution in [3.63, 3.8) is 0 Å². The summed E-state index contributed by atoms with van der Waals surface area (Å²) < 4.78 is 4.56. The van der Waals surface area contributed by atoms with Crippen molar-refractivity contribution >= 4 is 17.9 Å². The Bertz CT molecular complexity index is 331. The number of unbranched alkanes of at least 4 members (excludes halogenated alkanes) is 3. The maximum absolute atomic E-state index is 11.3. The summed E-state index contributed by atoms with van der Waals surface area (Å²) in [6, 6.07) is -0.582. The molecular weight excluding hydrogens is 276 g/mol. The Morgan fingerprint density at radius 2 is 1.71 bits per heavy atom. The van der Waals surface area contributed by atoms with Gasteiger partial charge in [-0.05, 0) is 12.3 Å². The van der Waals surface area contributed by atoms with Crippen LogP contribution in [0.3, 0.4) is 0 Å². The van der Waals surface area contributed by atoms with Gasteiger partial charge in [0.2, 0.25) is 0 Å². The number of hydrogen-bond acceptors (Lipinski definition) is 4. The van der Waals surface area contributed by atoms with Crippen LogP contribution in [0.5, 0.6) is 0 Å². The lowest BCUT2D eigenvalue weighted by atomic mass is 10.0. The van der Waals surface area contributed by atoms with Gasteiger partial charge in [-0.15, -0.1) is 0 Å². The summed E-state index contributed by atoms with van der Waals surface area (Å²) in [6.45, 7) is 3.89. The van der Waals surface area contributed by atoms with Crippen molar-refractivity contribution in [1.82, 2.24) is 10.6 Å². The van der Waals surface area contributed by atoms with Crippen molar-refractivity contribution in [3.05, 3.63) is 0 Å². The molecule has 0 fully saturated rings. The van der Waals surface area contributed by atoms with Gasteiger partial charge in [-0.2, -0.15) is 0 Å². The fourth-order valence-electron chi connectivity index (χ4n) is 1.67. The summed E-state index contributed by atoms with van der Waals surface area (Å²) >= 11 is 0. The number of hydrogen-bond donors (Lipinski definition) is 3. The molecule has 7 heteroatoms. The average Bonchev–Trinajstić information content (AvgIpc) is 2.36. The maximum atomic E-state index is 11.3. The molecule has 122 valence electrons. The van der Waals surface area contributed by atoms with Gasteiger partial charge in [0.1, 0.15) is 13.2 Å². The molecule has 0 aliphatic heterocycles. The van der Waals surface area contributed by atoms with E-state index < -0.39 is 31.1 Å². The molecule has 21 heavy (non-hydrogen) atoms. The molecule has 0 atom stereocenters. The van der Waals surface area contributed by atoms with E-state index in [9.17, 15) is 14.4 Å². The zero-order valence-electron chi connectivity index (χ0n) is 12.8. The van der Waals surface area contributed by atoms with E-state index in [-0.39, 0.29) is 0 Å². The minimum atomic E-state index is -1.16. The van der Waals surface area contributed by atoms with Crippen molar-refractivity contribution < 1.29 is 24.2 Å². The molecule has 0 radical (unpaired) electrons. The lowest BCUT2D eigenvalue weighted by molar-refractivity contribution is -0.143. The van der Waals surface area contributed by atoms with Crippen LogP contribution in [0.2, 0.25) is 0 Å². The van der Waals surface area contributed by atoms with Gasteiger partial charge in [0, 0.05) is 6.54 Å². The van der Waals surface area contributed by atoms with Crippen LogP contribution in [0, 0.1) is 5.92 Å². The summed E-state index contributed by atoms with van der Waals surface area (Å²) in [5.41, 5.74) is 0. The summed E-state index contributed by atoms with van der Waals surface area (Å²) in [7, 11) is 0. The van der Waals surface area contributed by atoms with E-state index in [2.05, 4.69) is 29.2 Å². The first-order chi connectivity index (χ1) is 9.91. The van der Waals surface area contributed by atoms with Gasteiger partial charge in [-0.25, -0.2) is 9.59 Å². The molecule has 0 saturated carbocycles. The van der Waals surface area contributed by atoms with E-state index in [0.717, 1.165) is 25.2 Å². The Hall–Kier alpha value is -1.63. The Labute approximate surface area is 125 Å². The zero-order chi connectivity index (χ0) is 16.1. The van der Waals surface area contributed by atoms with Gasteiger partial charge in [0.25, 0.3) is 5.91 Å². The van der Waals surface area contributed by atoms with Gasteiger partial charge >= 0.3 is 12.0 Å². The lowest BCUT2D eigenvalue weighted by Gasteiger charge is -2.07. The fraction of sp³-hybridized carbons (Fsp3) is 0.786. The summed E-state index contributed by atoms with van der Waals surface area (Å²) in [5.74, 6) is -1.10. The monoisotopic (exact) mass is 302 g/mol. The van der Waals surface area contributed by atoms with E-state index in [1.807, 2.05) is 0 Å². The minimum Gasteiger partial charge on any atom is -0.480 e. The van der Waals surface area contributed by atoms with E-state index in [0.29, 0.717) is 6.54 Å². The van der Waals surface area contributed by atoms with Gasteiger partial charge in [0.05, 0.1) is 0 Å². The summed E-state index contributed by atoms with van der Waals surface area (Å²) in [4.78, 5) is 32.7. The molecule has 0 bridgehead atoms. The molecule has 0 aromatic heterocycles. The van der Waals surface area contributed by atoms with Crippen LogP contribution in [0.4, 0.5) is 4.79 Å². The van der Waals surface area contributed by atoms with Crippen molar-refractivity contribution in [2.75, 3.05) is 19.8 Å². The quantitative estimate of drug-likeness (QED) is 0.502. The van der Waals surface area contributed by atoms with Crippen LogP contribution in [0.15, 0.2) is 0 Å². The van der Waals surface area contributed by atoms with Crippen molar-refractivity contribution in [2.45, 2.75) is 46.0 Å². The summed E-state index contributed by atoms with van der Waals surface area (Å²) in [6.07, 6.45) is 5.48. The fourth-order valence-corrected chi connectivity index (χ4v) is 1.67. The van der Waals surface area contributed by atoms with Crippen LogP contribution in [0.1, 0.15) is 46.0 Å². The Balaban J connectivity index is 3.45. The third-order valence-electron chi connectivity index (χ3n) is 2.71. The first kappa shape index (κ1) is 19.4. The second-order valence-electron chi connectivity index (χ2n) is 5.29. The predicted molar refractivity (Wildman–Crippen MR) is 77.9 cm³/mol. The molecule has 0 heterocycles. The van der Waals surface area contributed by atoms with Gasteiger partial charge in [-0.1, -0.05) is 39.5 Å². The minimum absolute atomic E-state index is 0.449. The molecule has 0 aliphatic rings. The number of carbonyl (C=O) groups excluding carboxylic acids is 2. The van der Waals surface area contributed by atoms with Gasteiger partial charge in [-0.3, -0.25) is 10.1 Å². The van der Waals surface area contributed by atoms with Crippen molar-refractivity contribution in [3.8, 4) is 0 Å². The highest BCUT2D eigenvalue weighted by Gasteiger charge is 2.08. The Morgan fingerprint density at radius 1 is 1.05 bits per heavy atom. The molecule has 0 unspecified atom stereocenters. The molecule has 0 aliphatic carbocycles. The van der Waals surface area contributed by atoms with Gasteiger partial charge < -0.3 is 15.2 Å². The topological polar surface area (TPSA) is 105 Å². The Morgan fingerprint density at radius 3 is 2.33 bits per heavy atom. The van der Waals surface area contributed by atoms with Crippen LogP contribution >= 0.6 is 0 Å². The number of urea groups is 1. The van der Waals surface area contributed by atoms with Crippen molar-refractivity contribution in [1.29, 1.82) is 0 Å². The number of rotatable bonds is 11. The zero-order valence-corrected chi connectivity index (χ0v) is 12.8. The second kappa shape index (κ2) is 12.1. The molecule has 0 aromatic rings. The summed E-state index contributed by atoms with van der Waals surface area (Å²) in [5, 5.41) is 12.9. The highest BCUT2D eigenvalue weighted by molar-refractivity contribution is 5.94. The molecule has 0 spiro atoms. The van der Waals surface area contributed by atoms with Gasteiger partial charge in [0.15, 0.2) is 0 Å². The number of carbonyl (C=O) groups is 3. The molecular formula is C14H26N2O5. The SMILES string of the molecule is CC(C)CCCCCCNC(=O)NC(=O)COCC(=O)O. The molecule has 0 rings (SSSR count). The highest BCUT2D eigenvalue weighted by atomic mass is 16.5. The van der Waals surface area contributed by atoms with E-state index in [4.69, 9.17) is 5.11 Å². The van der Waals surface area contributed by atoms with E-state index >= 15 is 0 Å². The number of aliphatic carboxylic acids is 1. The molecule has 0 aromatic carbocycles. The molecule has 7 nitrogen and oxygen atoms in total. The van der Waals surface area contributed by atoms with Crippen LogP contribution in [-0.4, -0.2) is 42.8 Å². The van der Waals surface area contributed by atoms with Crippen molar-refractivity contribution in [2.24, 2.45) is 5.92 Å². The normalized spacial score (nSPS) is 10.4. The molecule has 0 saturated heterocycles. The number of carboxylic acids is 1. The van der Waals surface area contributed by atoms with E-state index in [1.54, 1.807) is 0 Å². The maximum Gasteiger partial charge on any atom is 0.329 e. The Kier molecular flexibility index (Phi) is 11.2. The van der Waals surface area contributed by atoms with Crippen LogP contribution < -0.4 is 10.6 Å². The number of imide groups is 1. The predicted octanol–water partition coefficient (Wildman–Crippen LogP) is 1.52. The number of carboxylic acid groups (broad SMARTS) is 1. The highest BCUT2D eigenvalue weighted by Crippen LogP contribution is 2.08. The first-order valence-corrected chi connectivity index (χ1v) is 7.29. The standard InChI is InChI=1S/C14H26N2O5/c1-11(2)7-5-3-4-6-8-15-14(20)16-12(17)9-21-10-13(18)19/h11H,3-10H2,1-2H3,(H,18,19)(H2,15,16,17,20). The second-order valence-corrected chi connectivity index (χ2v) is 5.29. The van der Waals surface area contributed by atoms with Crippen LogP contribution in [0.25, 0.3) is 0 Å². The largest absolute Gasteiger partial charge is 0.480 e. The lowest BCUT2D eigenvalue weighted by Crippen LogP contribution is -2.41. The first-order valence-electron chi connectivity index (χ1n) is 7.29. The number of amides is 3. The third kappa shape index (κ3) is 14.6. The van der Waals surface area contributed by atoms with Crippen LogP contribution in [-0.2, 0) is 14.3 Å². The molecule has 3 N–H and O–H groups in total. The molecule has 3 amide bonds. The smallest absolute Gasteiger partial charge is 0.329 e. The number of ether oxygens (including phenoxy) is 1. The average molecular weight is 302 g/mol.